The maximum Gasteiger partial charge on any atom is 0.147 e. The Morgan fingerprint density at radius 2 is 2.15 bits per heavy atom. The molecule has 1 fully saturated rings. The first-order valence-electron chi connectivity index (χ1n) is 8.19. The molecule has 0 bridgehead atoms. The van der Waals surface area contributed by atoms with E-state index in [9.17, 15) is 0 Å². The molecule has 3 rings (SSSR count). The van der Waals surface area contributed by atoms with Gasteiger partial charge in [-0.25, -0.2) is 0 Å². The fourth-order valence-corrected chi connectivity index (χ4v) is 3.74. The Balaban J connectivity index is 1.60. The molecule has 20 heavy (non-hydrogen) atoms. The van der Waals surface area contributed by atoms with Crippen molar-refractivity contribution in [3.8, 4) is 0 Å². The van der Waals surface area contributed by atoms with Crippen LogP contribution in [0.3, 0.4) is 0 Å². The van der Waals surface area contributed by atoms with E-state index in [-0.39, 0.29) is 0 Å². The van der Waals surface area contributed by atoms with Crippen LogP contribution in [0.1, 0.15) is 44.9 Å². The van der Waals surface area contributed by atoms with Crippen LogP contribution in [0, 0.1) is 5.92 Å². The van der Waals surface area contributed by atoms with Gasteiger partial charge in [-0.3, -0.25) is 4.90 Å². The Bertz CT molecular complexity index is 416. The van der Waals surface area contributed by atoms with Gasteiger partial charge in [0.15, 0.2) is 0 Å². The van der Waals surface area contributed by atoms with E-state index in [0.29, 0.717) is 6.04 Å². The second-order valence-electron chi connectivity index (χ2n) is 6.24. The predicted molar refractivity (Wildman–Crippen MR) is 79.3 cm³/mol. The van der Waals surface area contributed by atoms with Gasteiger partial charge in [-0.2, -0.15) is 0 Å². The molecule has 1 saturated carbocycles. The minimum Gasteiger partial charge on any atom is -0.315 e. The molecular weight excluding hydrogens is 250 g/mol. The monoisotopic (exact) mass is 277 g/mol. The third-order valence-corrected chi connectivity index (χ3v) is 4.84. The van der Waals surface area contributed by atoms with Crippen LogP contribution in [0.5, 0.6) is 0 Å². The minimum absolute atomic E-state index is 0.710. The third kappa shape index (κ3) is 3.20. The fraction of sp³-hybridized carbons (Fsp3) is 0.867. The maximum atomic E-state index is 4.23. The van der Waals surface area contributed by atoms with Gasteiger partial charge in [0.2, 0.25) is 0 Å². The van der Waals surface area contributed by atoms with Crippen LogP contribution in [0.25, 0.3) is 0 Å². The molecule has 5 heteroatoms. The van der Waals surface area contributed by atoms with Gasteiger partial charge < -0.3 is 9.88 Å². The number of nitrogens with zero attached hydrogens (tertiary/aromatic N) is 4. The van der Waals surface area contributed by atoms with Crippen LogP contribution >= 0.6 is 0 Å². The molecule has 0 spiro atoms. The molecule has 1 aliphatic heterocycles. The first-order chi connectivity index (χ1) is 9.86. The zero-order valence-corrected chi connectivity index (χ0v) is 12.6. The van der Waals surface area contributed by atoms with Crippen molar-refractivity contribution in [1.29, 1.82) is 0 Å². The summed E-state index contributed by atoms with van der Waals surface area (Å²) in [4.78, 5) is 2.57. The van der Waals surface area contributed by atoms with Gasteiger partial charge in [0, 0.05) is 25.7 Å². The lowest BCUT2D eigenvalue weighted by Crippen LogP contribution is -2.44. The number of hydrogen-bond donors (Lipinski definition) is 1. The highest BCUT2D eigenvalue weighted by molar-refractivity contribution is 4.91. The lowest BCUT2D eigenvalue weighted by atomic mass is 9.93. The van der Waals surface area contributed by atoms with Gasteiger partial charge in [0.05, 0.1) is 6.54 Å². The Labute approximate surface area is 121 Å². The van der Waals surface area contributed by atoms with Crippen LogP contribution in [-0.4, -0.2) is 45.3 Å². The zero-order chi connectivity index (χ0) is 13.8. The molecule has 2 unspecified atom stereocenters. The van der Waals surface area contributed by atoms with E-state index in [0.717, 1.165) is 37.9 Å². The van der Waals surface area contributed by atoms with Gasteiger partial charge >= 0.3 is 0 Å². The number of nitrogens with one attached hydrogen (secondary N) is 1. The van der Waals surface area contributed by atoms with Crippen LogP contribution in [0.2, 0.25) is 0 Å². The SMILES string of the molecule is CCNC1CCCCCC1CN1CCn2cnnc2C1. The van der Waals surface area contributed by atoms with E-state index in [1.165, 1.54) is 38.6 Å². The molecule has 5 nitrogen and oxygen atoms in total. The maximum absolute atomic E-state index is 4.23. The lowest BCUT2D eigenvalue weighted by Gasteiger charge is -2.33. The lowest BCUT2D eigenvalue weighted by molar-refractivity contribution is 0.160. The molecule has 112 valence electrons. The van der Waals surface area contributed by atoms with Crippen molar-refractivity contribution in [3.05, 3.63) is 12.2 Å². The topological polar surface area (TPSA) is 46.0 Å². The highest BCUT2D eigenvalue weighted by Gasteiger charge is 2.27. The van der Waals surface area contributed by atoms with Gasteiger partial charge in [-0.1, -0.05) is 26.2 Å². The first-order valence-corrected chi connectivity index (χ1v) is 8.19. The van der Waals surface area contributed by atoms with Gasteiger partial charge in [0.1, 0.15) is 12.2 Å². The highest BCUT2D eigenvalue weighted by Crippen LogP contribution is 2.25. The van der Waals surface area contributed by atoms with Crippen molar-refractivity contribution in [2.75, 3.05) is 19.6 Å². The van der Waals surface area contributed by atoms with E-state index in [1.807, 2.05) is 6.33 Å². The summed E-state index contributed by atoms with van der Waals surface area (Å²) >= 11 is 0. The van der Waals surface area contributed by atoms with Crippen molar-refractivity contribution in [2.45, 2.75) is 58.2 Å². The summed E-state index contributed by atoms with van der Waals surface area (Å²) in [7, 11) is 0. The van der Waals surface area contributed by atoms with E-state index < -0.39 is 0 Å². The summed E-state index contributed by atoms with van der Waals surface area (Å²) in [5, 5.41) is 12.0. The molecule has 0 aromatic carbocycles. The van der Waals surface area contributed by atoms with E-state index >= 15 is 0 Å². The summed E-state index contributed by atoms with van der Waals surface area (Å²) in [6.07, 6.45) is 8.79. The highest BCUT2D eigenvalue weighted by atomic mass is 15.3. The quantitative estimate of drug-likeness (QED) is 0.850. The second-order valence-corrected chi connectivity index (χ2v) is 6.24. The number of rotatable bonds is 4. The Morgan fingerprint density at radius 3 is 3.05 bits per heavy atom. The van der Waals surface area contributed by atoms with Crippen LogP contribution in [0.15, 0.2) is 6.33 Å². The molecule has 2 aliphatic rings. The normalized spacial score (nSPS) is 28.1. The summed E-state index contributed by atoms with van der Waals surface area (Å²) in [6.45, 7) is 7.68. The molecule has 1 aromatic rings. The van der Waals surface area contributed by atoms with E-state index in [2.05, 4.69) is 31.9 Å². The molecule has 0 radical (unpaired) electrons. The summed E-state index contributed by atoms with van der Waals surface area (Å²) in [6, 6.07) is 0.710. The number of aromatic nitrogens is 3. The molecule has 1 aliphatic carbocycles. The second kappa shape index (κ2) is 6.68. The van der Waals surface area contributed by atoms with Crippen LogP contribution in [-0.2, 0) is 13.1 Å². The van der Waals surface area contributed by atoms with Crippen molar-refractivity contribution in [3.63, 3.8) is 0 Å². The molecule has 1 N–H and O–H groups in total. The molecule has 2 heterocycles. The zero-order valence-electron chi connectivity index (χ0n) is 12.6. The van der Waals surface area contributed by atoms with Gasteiger partial charge in [0.25, 0.3) is 0 Å². The average molecular weight is 277 g/mol. The third-order valence-electron chi connectivity index (χ3n) is 4.84. The van der Waals surface area contributed by atoms with E-state index in [1.54, 1.807) is 0 Å². The molecule has 0 amide bonds. The fourth-order valence-electron chi connectivity index (χ4n) is 3.74. The summed E-state index contributed by atoms with van der Waals surface area (Å²) in [5.74, 6) is 1.93. The van der Waals surface area contributed by atoms with Crippen LogP contribution in [0.4, 0.5) is 0 Å². The summed E-state index contributed by atoms with van der Waals surface area (Å²) < 4.78 is 2.19. The smallest absolute Gasteiger partial charge is 0.147 e. The Kier molecular flexibility index (Phi) is 4.68. The average Bonchev–Trinajstić information content (AvgIpc) is 2.82. The Morgan fingerprint density at radius 1 is 1.25 bits per heavy atom. The molecule has 0 saturated heterocycles. The van der Waals surface area contributed by atoms with Crippen molar-refractivity contribution < 1.29 is 0 Å². The van der Waals surface area contributed by atoms with Crippen molar-refractivity contribution >= 4 is 0 Å². The standard InChI is InChI=1S/C15H27N5/c1-2-16-14-7-5-3-4-6-13(14)10-19-8-9-20-12-17-18-15(20)11-19/h12-14,16H,2-11H2,1H3. The number of fused-ring (bicyclic) bond motifs is 1. The van der Waals surface area contributed by atoms with Crippen molar-refractivity contribution in [1.82, 2.24) is 25.0 Å². The van der Waals surface area contributed by atoms with Crippen molar-refractivity contribution in [2.24, 2.45) is 5.92 Å². The largest absolute Gasteiger partial charge is 0.315 e. The summed E-state index contributed by atoms with van der Waals surface area (Å²) in [5.41, 5.74) is 0. The number of hydrogen-bond acceptors (Lipinski definition) is 4. The van der Waals surface area contributed by atoms with Gasteiger partial charge in [-0.05, 0) is 25.3 Å². The predicted octanol–water partition coefficient (Wildman–Crippen LogP) is 1.65. The molecular formula is C15H27N5. The Hall–Kier alpha value is -0.940. The molecule has 1 aromatic heterocycles. The minimum atomic E-state index is 0.710. The van der Waals surface area contributed by atoms with Gasteiger partial charge in [-0.15, -0.1) is 10.2 Å². The van der Waals surface area contributed by atoms with Crippen LogP contribution < -0.4 is 5.32 Å². The first kappa shape index (κ1) is 14.0. The van der Waals surface area contributed by atoms with E-state index in [4.69, 9.17) is 0 Å². The molecule has 2 atom stereocenters.